The van der Waals surface area contributed by atoms with E-state index in [1.165, 1.54) is 16.9 Å². The zero-order valence-electron chi connectivity index (χ0n) is 17.9. The second-order valence-corrected chi connectivity index (χ2v) is 8.58. The number of aromatic nitrogens is 1. The highest BCUT2D eigenvalue weighted by Gasteiger charge is 2.25. The van der Waals surface area contributed by atoms with Gasteiger partial charge in [0.25, 0.3) is 5.91 Å². The standard InChI is InChI=1S/C22H30N4O3S/c1-16(2)17-4-6-18(7-5-17)21-24-19(15-30-21)22(28)26-11-9-25(10-12-26)14-20(27)23-8-13-29-3/h4-7,15-16H,8-14H2,1-3H3,(H,23,27). The number of amides is 2. The molecule has 0 aliphatic carbocycles. The number of ether oxygens (including phenoxy) is 1. The number of rotatable bonds is 8. The lowest BCUT2D eigenvalue weighted by Crippen LogP contribution is -2.51. The molecule has 0 unspecified atom stereocenters. The summed E-state index contributed by atoms with van der Waals surface area (Å²) in [5.74, 6) is 0.433. The van der Waals surface area contributed by atoms with Gasteiger partial charge in [0.05, 0.1) is 13.2 Å². The summed E-state index contributed by atoms with van der Waals surface area (Å²) in [4.78, 5) is 33.2. The fraction of sp³-hybridized carbons (Fsp3) is 0.500. The van der Waals surface area contributed by atoms with Gasteiger partial charge in [-0.15, -0.1) is 11.3 Å². The Balaban J connectivity index is 1.51. The molecule has 30 heavy (non-hydrogen) atoms. The molecule has 1 fully saturated rings. The normalized spacial score (nSPS) is 14.9. The molecule has 1 aromatic carbocycles. The quantitative estimate of drug-likeness (QED) is 0.651. The van der Waals surface area contributed by atoms with E-state index in [1.807, 2.05) is 10.3 Å². The van der Waals surface area contributed by atoms with Gasteiger partial charge in [0, 0.05) is 50.8 Å². The summed E-state index contributed by atoms with van der Waals surface area (Å²) < 4.78 is 4.93. The van der Waals surface area contributed by atoms with Crippen molar-refractivity contribution in [1.29, 1.82) is 0 Å². The van der Waals surface area contributed by atoms with Crippen molar-refractivity contribution in [2.24, 2.45) is 0 Å². The summed E-state index contributed by atoms with van der Waals surface area (Å²) in [6, 6.07) is 8.37. The van der Waals surface area contributed by atoms with Crippen LogP contribution < -0.4 is 5.32 Å². The molecule has 1 N–H and O–H groups in total. The first-order valence-electron chi connectivity index (χ1n) is 10.3. The van der Waals surface area contributed by atoms with Crippen molar-refractivity contribution in [2.45, 2.75) is 19.8 Å². The molecule has 2 heterocycles. The minimum absolute atomic E-state index is 0.0144. The summed E-state index contributed by atoms with van der Waals surface area (Å²) in [7, 11) is 1.61. The largest absolute Gasteiger partial charge is 0.383 e. The van der Waals surface area contributed by atoms with Crippen LogP contribution in [0.1, 0.15) is 35.8 Å². The first kappa shape index (κ1) is 22.4. The molecule has 0 radical (unpaired) electrons. The van der Waals surface area contributed by atoms with Crippen molar-refractivity contribution >= 4 is 23.2 Å². The molecule has 1 aliphatic rings. The van der Waals surface area contributed by atoms with Gasteiger partial charge in [0.1, 0.15) is 10.7 Å². The maximum Gasteiger partial charge on any atom is 0.273 e. The predicted octanol–water partition coefficient (Wildman–Crippen LogP) is 2.45. The lowest BCUT2D eigenvalue weighted by molar-refractivity contribution is -0.122. The molecular weight excluding hydrogens is 400 g/mol. The number of thiazole rings is 1. The van der Waals surface area contributed by atoms with Gasteiger partial charge in [-0.05, 0) is 11.5 Å². The lowest BCUT2D eigenvalue weighted by Gasteiger charge is -2.33. The number of benzene rings is 1. The van der Waals surface area contributed by atoms with Crippen LogP contribution in [-0.2, 0) is 9.53 Å². The van der Waals surface area contributed by atoms with E-state index in [1.54, 1.807) is 7.11 Å². The Morgan fingerprint density at radius 1 is 1.17 bits per heavy atom. The molecule has 0 bridgehead atoms. The third-order valence-electron chi connectivity index (χ3n) is 5.20. The van der Waals surface area contributed by atoms with E-state index in [9.17, 15) is 9.59 Å². The van der Waals surface area contributed by atoms with Gasteiger partial charge >= 0.3 is 0 Å². The van der Waals surface area contributed by atoms with Crippen LogP contribution >= 0.6 is 11.3 Å². The SMILES string of the molecule is COCCNC(=O)CN1CCN(C(=O)c2csc(-c3ccc(C(C)C)cc3)n2)CC1. The third-order valence-corrected chi connectivity index (χ3v) is 6.09. The number of methoxy groups -OCH3 is 1. The van der Waals surface area contributed by atoms with Crippen LogP contribution in [0.5, 0.6) is 0 Å². The Hall–Kier alpha value is -2.29. The predicted molar refractivity (Wildman–Crippen MR) is 119 cm³/mol. The molecule has 0 atom stereocenters. The molecule has 0 saturated carbocycles. The molecule has 0 spiro atoms. The summed E-state index contributed by atoms with van der Waals surface area (Å²) >= 11 is 1.50. The van der Waals surface area contributed by atoms with E-state index in [0.29, 0.717) is 57.5 Å². The average molecular weight is 431 g/mol. The van der Waals surface area contributed by atoms with E-state index in [2.05, 4.69) is 53.3 Å². The van der Waals surface area contributed by atoms with Crippen LogP contribution in [0.25, 0.3) is 10.6 Å². The number of nitrogens with one attached hydrogen (secondary N) is 1. The molecule has 162 valence electrons. The maximum absolute atomic E-state index is 12.8. The lowest BCUT2D eigenvalue weighted by atomic mass is 10.0. The highest BCUT2D eigenvalue weighted by Crippen LogP contribution is 2.26. The number of nitrogens with zero attached hydrogens (tertiary/aromatic N) is 3. The van der Waals surface area contributed by atoms with Gasteiger partial charge in [-0.2, -0.15) is 0 Å². The zero-order chi connectivity index (χ0) is 21.5. The fourth-order valence-electron chi connectivity index (χ4n) is 3.34. The van der Waals surface area contributed by atoms with Crippen LogP contribution in [0.2, 0.25) is 0 Å². The van der Waals surface area contributed by atoms with Crippen molar-refractivity contribution in [3.8, 4) is 10.6 Å². The van der Waals surface area contributed by atoms with Crippen LogP contribution in [0, 0.1) is 0 Å². The maximum atomic E-state index is 12.8. The fourth-order valence-corrected chi connectivity index (χ4v) is 4.14. The smallest absolute Gasteiger partial charge is 0.273 e. The Kier molecular flexibility index (Phi) is 7.95. The molecule has 1 aromatic heterocycles. The number of carbonyl (C=O) groups excluding carboxylic acids is 2. The molecule has 3 rings (SSSR count). The van der Waals surface area contributed by atoms with Gasteiger partial charge in [0.2, 0.25) is 5.91 Å². The number of carbonyl (C=O) groups is 2. The van der Waals surface area contributed by atoms with Gasteiger partial charge < -0.3 is 15.0 Å². The zero-order valence-corrected chi connectivity index (χ0v) is 18.7. The summed E-state index contributed by atoms with van der Waals surface area (Å²) in [6.07, 6.45) is 0. The van der Waals surface area contributed by atoms with Crippen LogP contribution in [0.3, 0.4) is 0 Å². The second kappa shape index (κ2) is 10.7. The topological polar surface area (TPSA) is 74.8 Å². The Labute approximate surface area is 182 Å². The molecule has 7 nitrogen and oxygen atoms in total. The highest BCUT2D eigenvalue weighted by atomic mass is 32.1. The number of hydrogen-bond acceptors (Lipinski definition) is 6. The monoisotopic (exact) mass is 430 g/mol. The van der Waals surface area contributed by atoms with Gasteiger partial charge in [-0.1, -0.05) is 38.1 Å². The van der Waals surface area contributed by atoms with Crippen molar-refractivity contribution in [1.82, 2.24) is 20.1 Å². The summed E-state index contributed by atoms with van der Waals surface area (Å²) in [5.41, 5.74) is 2.82. The summed E-state index contributed by atoms with van der Waals surface area (Å²) in [6.45, 7) is 8.25. The van der Waals surface area contributed by atoms with Gasteiger partial charge in [-0.25, -0.2) is 4.98 Å². The number of hydrogen-bond donors (Lipinski definition) is 1. The van der Waals surface area contributed by atoms with Crippen molar-refractivity contribution in [3.05, 3.63) is 40.9 Å². The Morgan fingerprint density at radius 2 is 1.87 bits per heavy atom. The Bertz CT molecular complexity index is 842. The van der Waals surface area contributed by atoms with Crippen molar-refractivity contribution in [3.63, 3.8) is 0 Å². The van der Waals surface area contributed by atoms with Crippen molar-refractivity contribution < 1.29 is 14.3 Å². The third kappa shape index (κ3) is 5.87. The van der Waals surface area contributed by atoms with Crippen LogP contribution in [-0.4, -0.2) is 79.6 Å². The Morgan fingerprint density at radius 3 is 2.50 bits per heavy atom. The second-order valence-electron chi connectivity index (χ2n) is 7.73. The van der Waals surface area contributed by atoms with Gasteiger partial charge in [-0.3, -0.25) is 14.5 Å². The molecular formula is C22H30N4O3S. The highest BCUT2D eigenvalue weighted by molar-refractivity contribution is 7.13. The minimum atomic E-state index is -0.0412. The van der Waals surface area contributed by atoms with E-state index < -0.39 is 0 Å². The average Bonchev–Trinajstić information content (AvgIpc) is 3.24. The van der Waals surface area contributed by atoms with Gasteiger partial charge in [0.15, 0.2) is 0 Å². The molecule has 1 aliphatic heterocycles. The molecule has 2 amide bonds. The first-order chi connectivity index (χ1) is 14.5. The van der Waals surface area contributed by atoms with E-state index in [-0.39, 0.29) is 11.8 Å². The summed E-state index contributed by atoms with van der Waals surface area (Å²) in [5, 5.41) is 5.52. The molecule has 1 saturated heterocycles. The minimum Gasteiger partial charge on any atom is -0.383 e. The first-order valence-corrected chi connectivity index (χ1v) is 11.2. The van der Waals surface area contributed by atoms with Crippen LogP contribution in [0.15, 0.2) is 29.6 Å². The van der Waals surface area contributed by atoms with E-state index in [4.69, 9.17) is 4.74 Å². The van der Waals surface area contributed by atoms with E-state index in [0.717, 1.165) is 10.6 Å². The number of piperazine rings is 1. The molecule has 8 heteroatoms. The van der Waals surface area contributed by atoms with Crippen LogP contribution in [0.4, 0.5) is 0 Å². The van der Waals surface area contributed by atoms with Crippen molar-refractivity contribution in [2.75, 3.05) is 53.0 Å². The van der Waals surface area contributed by atoms with E-state index >= 15 is 0 Å². The molecule has 2 aromatic rings.